The Morgan fingerprint density at radius 3 is 2.59 bits per heavy atom. The van der Waals surface area contributed by atoms with Crippen LogP contribution < -0.4 is 15.5 Å². The number of hydrogen-bond donors (Lipinski definition) is 2. The second kappa shape index (κ2) is 6.59. The van der Waals surface area contributed by atoms with Gasteiger partial charge < -0.3 is 10.1 Å². The Bertz CT molecular complexity index is 429. The summed E-state index contributed by atoms with van der Waals surface area (Å²) in [6.07, 6.45) is 1.61. The summed E-state index contributed by atoms with van der Waals surface area (Å²) < 4.78 is 4.90. The van der Waals surface area contributed by atoms with Crippen molar-refractivity contribution in [2.24, 2.45) is 5.10 Å². The first-order chi connectivity index (χ1) is 8.11. The molecule has 0 amide bonds. The summed E-state index contributed by atoms with van der Waals surface area (Å²) in [6, 6.07) is 6.95. The van der Waals surface area contributed by atoms with Gasteiger partial charge >= 0.3 is 5.97 Å². The molecule has 0 spiro atoms. The minimum atomic E-state index is -0.340. The van der Waals surface area contributed by atoms with Gasteiger partial charge in [-0.15, -0.1) is 0 Å². The fourth-order valence-electron chi connectivity index (χ4n) is 1.01. The molecule has 0 fully saturated rings. The highest BCUT2D eigenvalue weighted by atomic mass is 32.1. The Morgan fingerprint density at radius 1 is 1.41 bits per heavy atom. The zero-order valence-corrected chi connectivity index (χ0v) is 10.4. The molecule has 0 aliphatic rings. The average molecular weight is 251 g/mol. The Hall–Kier alpha value is -1.95. The molecule has 0 heterocycles. The number of esters is 1. The lowest BCUT2D eigenvalue weighted by Gasteiger charge is -2.01. The predicted octanol–water partition coefficient (Wildman–Crippen LogP) is 1.04. The van der Waals surface area contributed by atoms with Gasteiger partial charge in [-0.2, -0.15) is 5.10 Å². The molecule has 0 radical (unpaired) electrons. The van der Waals surface area contributed by atoms with Crippen LogP contribution in [0.5, 0.6) is 5.75 Å². The van der Waals surface area contributed by atoms with Crippen LogP contribution in [0.1, 0.15) is 12.5 Å². The van der Waals surface area contributed by atoms with Crippen molar-refractivity contribution >= 4 is 29.5 Å². The van der Waals surface area contributed by atoms with Crippen LogP contribution in [0.25, 0.3) is 0 Å². The molecule has 1 aromatic carbocycles. The van der Waals surface area contributed by atoms with E-state index in [0.29, 0.717) is 10.9 Å². The van der Waals surface area contributed by atoms with Gasteiger partial charge in [-0.1, -0.05) is 0 Å². The van der Waals surface area contributed by atoms with Gasteiger partial charge in [0.15, 0.2) is 5.11 Å². The highest BCUT2D eigenvalue weighted by molar-refractivity contribution is 7.80. The van der Waals surface area contributed by atoms with E-state index in [0.717, 1.165) is 5.56 Å². The van der Waals surface area contributed by atoms with E-state index < -0.39 is 0 Å². The maximum Gasteiger partial charge on any atom is 0.308 e. The molecule has 0 saturated carbocycles. The molecule has 0 unspecified atom stereocenters. The normalized spacial score (nSPS) is 10.0. The number of carbonyl (C=O) groups excluding carboxylic acids is 1. The summed E-state index contributed by atoms with van der Waals surface area (Å²) >= 11 is 4.85. The van der Waals surface area contributed by atoms with Crippen molar-refractivity contribution in [2.45, 2.75) is 6.92 Å². The van der Waals surface area contributed by atoms with E-state index in [2.05, 4.69) is 15.8 Å². The van der Waals surface area contributed by atoms with Crippen LogP contribution >= 0.6 is 12.2 Å². The molecule has 2 N–H and O–H groups in total. The number of carbonyl (C=O) groups is 1. The zero-order chi connectivity index (χ0) is 12.7. The predicted molar refractivity (Wildman–Crippen MR) is 70.1 cm³/mol. The van der Waals surface area contributed by atoms with Gasteiger partial charge in [0, 0.05) is 14.0 Å². The number of hydrogen-bond acceptors (Lipinski definition) is 4. The SMILES string of the molecule is CNC(=S)N/N=C/c1ccc(OC(C)=O)cc1. The van der Waals surface area contributed by atoms with E-state index >= 15 is 0 Å². The van der Waals surface area contributed by atoms with Crippen LogP contribution in [-0.2, 0) is 4.79 Å². The topological polar surface area (TPSA) is 62.7 Å². The van der Waals surface area contributed by atoms with E-state index in [4.69, 9.17) is 17.0 Å². The van der Waals surface area contributed by atoms with Crippen molar-refractivity contribution in [3.8, 4) is 5.75 Å². The number of ether oxygens (including phenoxy) is 1. The number of benzene rings is 1. The number of thiocarbonyl (C=S) groups is 1. The van der Waals surface area contributed by atoms with Crippen molar-refractivity contribution in [3.63, 3.8) is 0 Å². The third-order valence-electron chi connectivity index (χ3n) is 1.75. The second-order valence-electron chi connectivity index (χ2n) is 3.11. The maximum absolute atomic E-state index is 10.7. The van der Waals surface area contributed by atoms with Gasteiger partial charge in [-0.05, 0) is 42.0 Å². The fraction of sp³-hybridized carbons (Fsp3) is 0.182. The smallest absolute Gasteiger partial charge is 0.308 e. The number of nitrogens with one attached hydrogen (secondary N) is 2. The first kappa shape index (κ1) is 13.1. The van der Waals surface area contributed by atoms with Gasteiger partial charge in [0.2, 0.25) is 0 Å². The highest BCUT2D eigenvalue weighted by Gasteiger charge is 1.96. The molecule has 1 aromatic rings. The van der Waals surface area contributed by atoms with E-state index in [1.165, 1.54) is 6.92 Å². The maximum atomic E-state index is 10.7. The molecule has 0 aliphatic heterocycles. The number of nitrogens with zero attached hydrogens (tertiary/aromatic N) is 1. The van der Waals surface area contributed by atoms with Crippen molar-refractivity contribution < 1.29 is 9.53 Å². The molecule has 1 rings (SSSR count). The van der Waals surface area contributed by atoms with Crippen LogP contribution in [0.2, 0.25) is 0 Å². The van der Waals surface area contributed by atoms with Crippen LogP contribution in [0.15, 0.2) is 29.4 Å². The minimum Gasteiger partial charge on any atom is -0.427 e. The van der Waals surface area contributed by atoms with E-state index in [9.17, 15) is 4.79 Å². The monoisotopic (exact) mass is 251 g/mol. The Kier molecular flexibility index (Phi) is 5.09. The average Bonchev–Trinajstić information content (AvgIpc) is 2.30. The van der Waals surface area contributed by atoms with Gasteiger partial charge in [0.1, 0.15) is 5.75 Å². The summed E-state index contributed by atoms with van der Waals surface area (Å²) in [6.45, 7) is 1.36. The molecule has 0 saturated heterocycles. The third kappa shape index (κ3) is 5.07. The quantitative estimate of drug-likeness (QED) is 0.276. The summed E-state index contributed by atoms with van der Waals surface area (Å²) in [4.78, 5) is 10.7. The molecule has 17 heavy (non-hydrogen) atoms. The molecule has 6 heteroatoms. The largest absolute Gasteiger partial charge is 0.427 e. The molecule has 0 bridgehead atoms. The molecule has 0 atom stereocenters. The molecule has 90 valence electrons. The van der Waals surface area contributed by atoms with Crippen molar-refractivity contribution in [1.29, 1.82) is 0 Å². The van der Waals surface area contributed by atoms with Crippen LogP contribution in [-0.4, -0.2) is 24.3 Å². The Balaban J connectivity index is 2.56. The van der Waals surface area contributed by atoms with E-state index in [1.807, 2.05) is 0 Å². The van der Waals surface area contributed by atoms with Gasteiger partial charge in [0.25, 0.3) is 0 Å². The van der Waals surface area contributed by atoms with Crippen LogP contribution in [0.4, 0.5) is 0 Å². The van der Waals surface area contributed by atoms with Gasteiger partial charge in [0.05, 0.1) is 6.21 Å². The lowest BCUT2D eigenvalue weighted by atomic mass is 10.2. The van der Waals surface area contributed by atoms with E-state index in [-0.39, 0.29) is 5.97 Å². The molecule has 5 nitrogen and oxygen atoms in total. The summed E-state index contributed by atoms with van der Waals surface area (Å²) in [5.41, 5.74) is 3.50. The summed E-state index contributed by atoms with van der Waals surface area (Å²) in [5, 5.41) is 7.09. The number of rotatable bonds is 3. The first-order valence-corrected chi connectivity index (χ1v) is 5.32. The number of hydrazone groups is 1. The first-order valence-electron chi connectivity index (χ1n) is 4.91. The van der Waals surface area contributed by atoms with Crippen molar-refractivity contribution in [1.82, 2.24) is 10.7 Å². The lowest BCUT2D eigenvalue weighted by molar-refractivity contribution is -0.131. The lowest BCUT2D eigenvalue weighted by Crippen LogP contribution is -2.28. The summed E-state index contributed by atoms with van der Waals surface area (Å²) in [7, 11) is 1.71. The van der Waals surface area contributed by atoms with Crippen molar-refractivity contribution in [2.75, 3.05) is 7.05 Å². The van der Waals surface area contributed by atoms with Crippen molar-refractivity contribution in [3.05, 3.63) is 29.8 Å². The molecular formula is C11H13N3O2S. The van der Waals surface area contributed by atoms with E-state index in [1.54, 1.807) is 37.5 Å². The Labute approximate surface area is 105 Å². The highest BCUT2D eigenvalue weighted by Crippen LogP contribution is 2.10. The van der Waals surface area contributed by atoms with Gasteiger partial charge in [-0.25, -0.2) is 0 Å². The second-order valence-corrected chi connectivity index (χ2v) is 3.52. The zero-order valence-electron chi connectivity index (χ0n) is 9.56. The standard InChI is InChI=1S/C11H13N3O2S/c1-8(15)16-10-5-3-9(4-6-10)7-13-14-11(17)12-2/h3-7H,1-2H3,(H2,12,14,17)/b13-7+. The minimum absolute atomic E-state index is 0.340. The fourth-order valence-corrected chi connectivity index (χ4v) is 1.06. The molecule has 0 aromatic heterocycles. The van der Waals surface area contributed by atoms with Crippen LogP contribution in [0, 0.1) is 0 Å². The summed E-state index contributed by atoms with van der Waals surface area (Å²) in [5.74, 6) is 0.167. The third-order valence-corrected chi connectivity index (χ3v) is 2.04. The van der Waals surface area contributed by atoms with Crippen LogP contribution in [0.3, 0.4) is 0 Å². The Morgan fingerprint density at radius 2 is 2.06 bits per heavy atom. The molecular weight excluding hydrogens is 238 g/mol. The molecule has 0 aliphatic carbocycles. The van der Waals surface area contributed by atoms with Gasteiger partial charge in [-0.3, -0.25) is 10.2 Å².